The van der Waals surface area contributed by atoms with E-state index in [2.05, 4.69) is 36.6 Å². The number of imidazole rings is 1. The van der Waals surface area contributed by atoms with Crippen molar-refractivity contribution >= 4 is 22.6 Å². The quantitative estimate of drug-likeness (QED) is 0.708. The van der Waals surface area contributed by atoms with Gasteiger partial charge >= 0.3 is 0 Å². The summed E-state index contributed by atoms with van der Waals surface area (Å²) in [5.41, 5.74) is 3.64. The van der Waals surface area contributed by atoms with Crippen LogP contribution in [-0.2, 0) is 5.88 Å². The van der Waals surface area contributed by atoms with E-state index >= 15 is 0 Å². The van der Waals surface area contributed by atoms with Crippen LogP contribution in [0.25, 0.3) is 11.0 Å². The van der Waals surface area contributed by atoms with Crippen LogP contribution < -0.4 is 0 Å². The third-order valence-corrected chi connectivity index (χ3v) is 5.08. The monoisotopic (exact) mass is 290 g/mol. The zero-order valence-corrected chi connectivity index (χ0v) is 13.2. The molecule has 0 radical (unpaired) electrons. The number of aryl methyl sites for hydroxylation is 1. The SMILES string of the molecule is CCC1CCCCC1n1c(CCl)nc2c(C)cccc21. The van der Waals surface area contributed by atoms with Crippen molar-refractivity contribution in [2.24, 2.45) is 5.92 Å². The van der Waals surface area contributed by atoms with Gasteiger partial charge in [-0.2, -0.15) is 0 Å². The van der Waals surface area contributed by atoms with Crippen molar-refractivity contribution in [3.63, 3.8) is 0 Å². The largest absolute Gasteiger partial charge is 0.324 e. The number of fused-ring (bicyclic) bond motifs is 1. The van der Waals surface area contributed by atoms with Crippen LogP contribution in [0.2, 0.25) is 0 Å². The Labute approximate surface area is 126 Å². The van der Waals surface area contributed by atoms with Crippen molar-refractivity contribution in [2.75, 3.05) is 0 Å². The smallest absolute Gasteiger partial charge is 0.125 e. The first-order chi connectivity index (χ1) is 9.76. The lowest BCUT2D eigenvalue weighted by Crippen LogP contribution is -2.24. The predicted octanol–water partition coefficient (Wildman–Crippen LogP) is 5.22. The third-order valence-electron chi connectivity index (χ3n) is 4.84. The molecule has 1 aliphatic carbocycles. The second-order valence-electron chi connectivity index (χ2n) is 5.99. The average molecular weight is 291 g/mol. The first kappa shape index (κ1) is 13.9. The molecule has 1 heterocycles. The van der Waals surface area contributed by atoms with E-state index in [0.29, 0.717) is 11.9 Å². The highest BCUT2D eigenvalue weighted by molar-refractivity contribution is 6.16. The van der Waals surface area contributed by atoms with E-state index in [-0.39, 0.29) is 0 Å². The standard InChI is InChI=1S/C17H23ClN2/c1-3-13-8-4-5-9-14(13)20-15-10-6-7-12(2)17(15)19-16(20)11-18/h6-7,10,13-14H,3-5,8-9,11H2,1-2H3. The molecule has 0 aliphatic heterocycles. The van der Waals surface area contributed by atoms with E-state index in [1.807, 2.05) is 0 Å². The van der Waals surface area contributed by atoms with Gasteiger partial charge in [0.2, 0.25) is 0 Å². The number of aromatic nitrogens is 2. The molecule has 20 heavy (non-hydrogen) atoms. The summed E-state index contributed by atoms with van der Waals surface area (Å²) >= 11 is 6.18. The minimum Gasteiger partial charge on any atom is -0.324 e. The van der Waals surface area contributed by atoms with E-state index in [0.717, 1.165) is 17.3 Å². The number of rotatable bonds is 3. The molecule has 0 bridgehead atoms. The van der Waals surface area contributed by atoms with Gasteiger partial charge in [-0.1, -0.05) is 38.3 Å². The van der Waals surface area contributed by atoms with Gasteiger partial charge in [-0.25, -0.2) is 4.98 Å². The van der Waals surface area contributed by atoms with Gasteiger partial charge in [-0.15, -0.1) is 11.6 Å². The number of nitrogens with zero attached hydrogens (tertiary/aromatic N) is 2. The van der Waals surface area contributed by atoms with Crippen molar-refractivity contribution in [2.45, 2.75) is 57.9 Å². The first-order valence-electron chi connectivity index (χ1n) is 7.78. The van der Waals surface area contributed by atoms with E-state index in [1.165, 1.54) is 43.2 Å². The summed E-state index contributed by atoms with van der Waals surface area (Å²) in [7, 11) is 0. The third kappa shape index (κ3) is 2.24. The molecular formula is C17H23ClN2. The van der Waals surface area contributed by atoms with Gasteiger partial charge in [0.25, 0.3) is 0 Å². The molecule has 1 aliphatic rings. The summed E-state index contributed by atoms with van der Waals surface area (Å²) in [6.07, 6.45) is 6.55. The lowest BCUT2D eigenvalue weighted by atomic mass is 9.82. The number of halogens is 1. The Balaban J connectivity index is 2.15. The van der Waals surface area contributed by atoms with Crippen LogP contribution >= 0.6 is 11.6 Å². The lowest BCUT2D eigenvalue weighted by molar-refractivity contribution is 0.234. The molecule has 0 N–H and O–H groups in total. The fourth-order valence-electron chi connectivity index (χ4n) is 3.77. The Hall–Kier alpha value is -1.02. The van der Waals surface area contributed by atoms with Crippen molar-refractivity contribution < 1.29 is 0 Å². The molecule has 0 saturated heterocycles. The van der Waals surface area contributed by atoms with Crippen LogP contribution in [0.5, 0.6) is 0 Å². The summed E-state index contributed by atoms with van der Waals surface area (Å²) in [6, 6.07) is 7.05. The van der Waals surface area contributed by atoms with Gasteiger partial charge in [0.1, 0.15) is 5.82 Å². The Morgan fingerprint density at radius 1 is 1.30 bits per heavy atom. The summed E-state index contributed by atoms with van der Waals surface area (Å²) in [6.45, 7) is 4.45. The van der Waals surface area contributed by atoms with E-state index in [1.54, 1.807) is 0 Å². The molecule has 2 unspecified atom stereocenters. The number of para-hydroxylation sites is 1. The minimum absolute atomic E-state index is 0.501. The van der Waals surface area contributed by atoms with Crippen LogP contribution in [0.15, 0.2) is 18.2 Å². The molecule has 108 valence electrons. The highest BCUT2D eigenvalue weighted by atomic mass is 35.5. The summed E-state index contributed by atoms with van der Waals surface area (Å²) in [5, 5.41) is 0. The Kier molecular flexibility index (Phi) is 4.02. The van der Waals surface area contributed by atoms with Gasteiger partial charge in [0.05, 0.1) is 16.9 Å². The normalized spacial score (nSPS) is 23.4. The Morgan fingerprint density at radius 2 is 2.10 bits per heavy atom. The maximum absolute atomic E-state index is 6.18. The Bertz CT molecular complexity index is 602. The number of alkyl halides is 1. The van der Waals surface area contributed by atoms with Crippen LogP contribution in [-0.4, -0.2) is 9.55 Å². The molecule has 2 aromatic rings. The zero-order chi connectivity index (χ0) is 14.1. The molecule has 1 fully saturated rings. The summed E-state index contributed by atoms with van der Waals surface area (Å²) in [4.78, 5) is 4.81. The molecule has 1 aromatic carbocycles. The van der Waals surface area contributed by atoms with Crippen molar-refractivity contribution in [1.82, 2.24) is 9.55 Å². The maximum Gasteiger partial charge on any atom is 0.125 e. The molecular weight excluding hydrogens is 268 g/mol. The molecule has 2 nitrogen and oxygen atoms in total. The number of hydrogen-bond acceptors (Lipinski definition) is 1. The summed E-state index contributed by atoms with van der Waals surface area (Å²) in [5.74, 6) is 2.31. The number of benzene rings is 1. The predicted molar refractivity (Wildman–Crippen MR) is 85.3 cm³/mol. The Morgan fingerprint density at radius 3 is 2.85 bits per heavy atom. The first-order valence-corrected chi connectivity index (χ1v) is 8.32. The van der Waals surface area contributed by atoms with Crippen molar-refractivity contribution in [1.29, 1.82) is 0 Å². The zero-order valence-electron chi connectivity index (χ0n) is 12.4. The highest BCUT2D eigenvalue weighted by Crippen LogP contribution is 2.39. The maximum atomic E-state index is 6.18. The van der Waals surface area contributed by atoms with E-state index in [9.17, 15) is 0 Å². The van der Waals surface area contributed by atoms with Gasteiger partial charge in [-0.3, -0.25) is 0 Å². The number of hydrogen-bond donors (Lipinski definition) is 0. The fourth-order valence-corrected chi connectivity index (χ4v) is 3.96. The van der Waals surface area contributed by atoms with Crippen molar-refractivity contribution in [3.05, 3.63) is 29.6 Å². The van der Waals surface area contributed by atoms with Gasteiger partial charge in [0.15, 0.2) is 0 Å². The van der Waals surface area contributed by atoms with Crippen LogP contribution in [0.1, 0.15) is 56.5 Å². The molecule has 3 rings (SSSR count). The summed E-state index contributed by atoms with van der Waals surface area (Å²) < 4.78 is 2.45. The molecule has 1 saturated carbocycles. The van der Waals surface area contributed by atoms with Gasteiger partial charge in [0, 0.05) is 6.04 Å². The van der Waals surface area contributed by atoms with E-state index < -0.39 is 0 Å². The average Bonchev–Trinajstić information content (AvgIpc) is 2.87. The molecule has 3 heteroatoms. The second-order valence-corrected chi connectivity index (χ2v) is 6.26. The van der Waals surface area contributed by atoms with Gasteiger partial charge < -0.3 is 4.57 Å². The van der Waals surface area contributed by atoms with Gasteiger partial charge in [-0.05, 0) is 37.3 Å². The molecule has 0 spiro atoms. The van der Waals surface area contributed by atoms with Crippen LogP contribution in [0, 0.1) is 12.8 Å². The highest BCUT2D eigenvalue weighted by Gasteiger charge is 2.28. The topological polar surface area (TPSA) is 17.8 Å². The lowest BCUT2D eigenvalue weighted by Gasteiger charge is -2.33. The fraction of sp³-hybridized carbons (Fsp3) is 0.588. The second kappa shape index (κ2) is 5.77. The molecule has 0 amide bonds. The van der Waals surface area contributed by atoms with Crippen LogP contribution in [0.3, 0.4) is 0 Å². The van der Waals surface area contributed by atoms with Crippen molar-refractivity contribution in [3.8, 4) is 0 Å². The molecule has 2 atom stereocenters. The van der Waals surface area contributed by atoms with Crippen LogP contribution in [0.4, 0.5) is 0 Å². The van der Waals surface area contributed by atoms with E-state index in [4.69, 9.17) is 16.6 Å². The minimum atomic E-state index is 0.501. The molecule has 1 aromatic heterocycles.